The minimum atomic E-state index is -0.281. The number of rotatable bonds is 3. The van der Waals surface area contributed by atoms with Crippen molar-refractivity contribution < 1.29 is 9.53 Å². The third-order valence-corrected chi connectivity index (χ3v) is 4.04. The molecule has 2 N–H and O–H groups in total. The Kier molecular flexibility index (Phi) is 3.68. The maximum atomic E-state index is 11.9. The van der Waals surface area contributed by atoms with Crippen LogP contribution in [0, 0.1) is 6.92 Å². The number of aromatic nitrogens is 1. The molecule has 0 saturated carbocycles. The fourth-order valence-electron chi connectivity index (χ4n) is 2.50. The van der Waals surface area contributed by atoms with E-state index in [2.05, 4.69) is 10.3 Å². The van der Waals surface area contributed by atoms with E-state index in [9.17, 15) is 4.79 Å². The van der Waals surface area contributed by atoms with Crippen molar-refractivity contribution in [3.05, 3.63) is 34.5 Å². The Bertz CT molecular complexity index is 606. The van der Waals surface area contributed by atoms with Gasteiger partial charge in [0.1, 0.15) is 6.10 Å². The lowest BCUT2D eigenvalue weighted by Gasteiger charge is -2.09. The van der Waals surface area contributed by atoms with Crippen molar-refractivity contribution in [3.63, 3.8) is 0 Å². The monoisotopic (exact) mass is 292 g/mol. The summed E-state index contributed by atoms with van der Waals surface area (Å²) < 4.78 is 5.35. The van der Waals surface area contributed by atoms with E-state index in [1.165, 1.54) is 0 Å². The zero-order chi connectivity index (χ0) is 14.1. The second-order valence-corrected chi connectivity index (χ2v) is 5.61. The normalized spacial score (nSPS) is 18.6. The first kappa shape index (κ1) is 13.5. The molecule has 2 aromatic rings. The van der Waals surface area contributed by atoms with Gasteiger partial charge < -0.3 is 15.0 Å². The van der Waals surface area contributed by atoms with Crippen LogP contribution in [0.5, 0.6) is 0 Å². The highest BCUT2D eigenvalue weighted by Gasteiger charge is 2.23. The van der Waals surface area contributed by atoms with Crippen LogP contribution in [0.25, 0.3) is 10.9 Å². The number of aromatic amines is 1. The number of ether oxygens (including phenoxy) is 1. The number of aryl methyl sites for hydroxylation is 1. The standard InChI is InChI=1S/C15H17ClN2O2/c1-9-5-13-10(7-12(9)16)6-11(18-13)8-17-15(19)14-3-2-4-20-14/h5-7,14,18H,2-4,8H2,1H3,(H,17,19). The molecule has 0 radical (unpaired) electrons. The number of nitrogens with one attached hydrogen (secondary N) is 2. The largest absolute Gasteiger partial charge is 0.368 e. The van der Waals surface area contributed by atoms with Crippen LogP contribution < -0.4 is 5.32 Å². The second-order valence-electron chi connectivity index (χ2n) is 5.20. The number of benzene rings is 1. The molecule has 5 heteroatoms. The number of carbonyl (C=O) groups is 1. The van der Waals surface area contributed by atoms with Crippen LogP contribution in [0.3, 0.4) is 0 Å². The van der Waals surface area contributed by atoms with E-state index < -0.39 is 0 Å². The zero-order valence-corrected chi connectivity index (χ0v) is 12.1. The molecule has 1 amide bonds. The molecule has 3 rings (SSSR count). The van der Waals surface area contributed by atoms with Crippen molar-refractivity contribution in [1.82, 2.24) is 10.3 Å². The zero-order valence-electron chi connectivity index (χ0n) is 11.3. The molecular weight excluding hydrogens is 276 g/mol. The predicted octanol–water partition coefficient (Wildman–Crippen LogP) is 2.92. The van der Waals surface area contributed by atoms with Crippen LogP contribution in [0.15, 0.2) is 18.2 Å². The summed E-state index contributed by atoms with van der Waals surface area (Å²) in [6.45, 7) is 3.13. The van der Waals surface area contributed by atoms with E-state index >= 15 is 0 Å². The fourth-order valence-corrected chi connectivity index (χ4v) is 2.67. The summed E-state index contributed by atoms with van der Waals surface area (Å²) >= 11 is 6.11. The Hall–Kier alpha value is -1.52. The number of hydrogen-bond acceptors (Lipinski definition) is 2. The Labute approximate surface area is 122 Å². The number of H-pyrrole nitrogens is 1. The topological polar surface area (TPSA) is 54.1 Å². The second kappa shape index (κ2) is 5.46. The third kappa shape index (κ3) is 2.67. The maximum absolute atomic E-state index is 11.9. The van der Waals surface area contributed by atoms with Gasteiger partial charge in [-0.2, -0.15) is 0 Å². The summed E-state index contributed by atoms with van der Waals surface area (Å²) in [5.41, 5.74) is 3.04. The molecule has 20 heavy (non-hydrogen) atoms. The minimum Gasteiger partial charge on any atom is -0.368 e. The first-order valence-electron chi connectivity index (χ1n) is 6.80. The van der Waals surface area contributed by atoms with Gasteiger partial charge in [0.15, 0.2) is 0 Å². The van der Waals surface area contributed by atoms with E-state index in [4.69, 9.17) is 16.3 Å². The summed E-state index contributed by atoms with van der Waals surface area (Å²) in [5.74, 6) is -0.0321. The third-order valence-electron chi connectivity index (χ3n) is 3.63. The number of amides is 1. The molecule has 0 aliphatic carbocycles. The van der Waals surface area contributed by atoms with E-state index in [-0.39, 0.29) is 12.0 Å². The lowest BCUT2D eigenvalue weighted by atomic mass is 10.2. The average Bonchev–Trinajstić information content (AvgIpc) is 3.05. The highest BCUT2D eigenvalue weighted by Crippen LogP contribution is 2.24. The van der Waals surface area contributed by atoms with Crippen LogP contribution in [0.1, 0.15) is 24.1 Å². The summed E-state index contributed by atoms with van der Waals surface area (Å²) in [7, 11) is 0. The molecule has 0 bridgehead atoms. The van der Waals surface area contributed by atoms with Gasteiger partial charge in [-0.05, 0) is 43.5 Å². The average molecular weight is 293 g/mol. The predicted molar refractivity (Wildman–Crippen MR) is 78.9 cm³/mol. The Morgan fingerprint density at radius 3 is 3.10 bits per heavy atom. The maximum Gasteiger partial charge on any atom is 0.249 e. The van der Waals surface area contributed by atoms with E-state index in [0.717, 1.165) is 40.0 Å². The molecule has 106 valence electrons. The van der Waals surface area contributed by atoms with Gasteiger partial charge in [-0.3, -0.25) is 4.79 Å². The molecule has 1 aromatic heterocycles. The molecule has 1 aliphatic heterocycles. The molecule has 2 heterocycles. The van der Waals surface area contributed by atoms with Gasteiger partial charge >= 0.3 is 0 Å². The Balaban J connectivity index is 1.69. The number of carbonyl (C=O) groups excluding carboxylic acids is 1. The summed E-state index contributed by atoms with van der Waals surface area (Å²) in [6, 6.07) is 5.97. The lowest BCUT2D eigenvalue weighted by molar-refractivity contribution is -0.130. The van der Waals surface area contributed by atoms with Crippen LogP contribution in [-0.4, -0.2) is 23.6 Å². The summed E-state index contributed by atoms with van der Waals surface area (Å²) in [6.07, 6.45) is 1.49. The molecule has 1 unspecified atom stereocenters. The fraction of sp³-hybridized carbons (Fsp3) is 0.400. The first-order valence-corrected chi connectivity index (χ1v) is 7.18. The number of fused-ring (bicyclic) bond motifs is 1. The van der Waals surface area contributed by atoms with Gasteiger partial charge in [-0.15, -0.1) is 0 Å². The highest BCUT2D eigenvalue weighted by molar-refractivity contribution is 6.32. The number of halogens is 1. The van der Waals surface area contributed by atoms with Crippen LogP contribution in [0.4, 0.5) is 0 Å². The van der Waals surface area contributed by atoms with Crippen molar-refractivity contribution in [2.24, 2.45) is 0 Å². The van der Waals surface area contributed by atoms with E-state index in [0.29, 0.717) is 13.2 Å². The molecular formula is C15H17ClN2O2. The van der Waals surface area contributed by atoms with Gasteiger partial charge in [-0.1, -0.05) is 11.6 Å². The van der Waals surface area contributed by atoms with Crippen LogP contribution in [-0.2, 0) is 16.1 Å². The van der Waals surface area contributed by atoms with Crippen LogP contribution >= 0.6 is 11.6 Å². The Morgan fingerprint density at radius 2 is 2.35 bits per heavy atom. The highest BCUT2D eigenvalue weighted by atomic mass is 35.5. The van der Waals surface area contributed by atoms with Crippen molar-refractivity contribution in [3.8, 4) is 0 Å². The van der Waals surface area contributed by atoms with Gasteiger partial charge in [0.05, 0.1) is 6.54 Å². The molecule has 1 saturated heterocycles. The molecule has 0 spiro atoms. The van der Waals surface area contributed by atoms with E-state index in [1.807, 2.05) is 25.1 Å². The molecule has 1 aliphatic rings. The SMILES string of the molecule is Cc1cc2[nH]c(CNC(=O)C3CCCO3)cc2cc1Cl. The van der Waals surface area contributed by atoms with Gasteiger partial charge in [-0.25, -0.2) is 0 Å². The summed E-state index contributed by atoms with van der Waals surface area (Å²) in [5, 5.41) is 4.72. The van der Waals surface area contributed by atoms with Crippen molar-refractivity contribution in [1.29, 1.82) is 0 Å². The summed E-state index contributed by atoms with van der Waals surface area (Å²) in [4.78, 5) is 15.2. The van der Waals surface area contributed by atoms with Gasteiger partial charge in [0.25, 0.3) is 0 Å². The Morgan fingerprint density at radius 1 is 1.50 bits per heavy atom. The first-order chi connectivity index (χ1) is 9.63. The van der Waals surface area contributed by atoms with E-state index in [1.54, 1.807) is 0 Å². The molecule has 1 atom stereocenters. The molecule has 1 fully saturated rings. The number of hydrogen-bond donors (Lipinski definition) is 2. The minimum absolute atomic E-state index is 0.0321. The van der Waals surface area contributed by atoms with Crippen LogP contribution in [0.2, 0.25) is 5.02 Å². The van der Waals surface area contributed by atoms with Crippen molar-refractivity contribution in [2.45, 2.75) is 32.4 Å². The smallest absolute Gasteiger partial charge is 0.249 e. The molecule has 1 aromatic carbocycles. The molecule has 4 nitrogen and oxygen atoms in total. The van der Waals surface area contributed by atoms with Gasteiger partial charge in [0.2, 0.25) is 5.91 Å². The lowest BCUT2D eigenvalue weighted by Crippen LogP contribution is -2.33. The quantitative estimate of drug-likeness (QED) is 0.914. The van der Waals surface area contributed by atoms with Crippen molar-refractivity contribution >= 4 is 28.4 Å². The van der Waals surface area contributed by atoms with Gasteiger partial charge in [0, 0.05) is 28.2 Å². The van der Waals surface area contributed by atoms with Crippen molar-refractivity contribution in [2.75, 3.05) is 6.61 Å².